The van der Waals surface area contributed by atoms with E-state index in [9.17, 15) is 10.1 Å². The van der Waals surface area contributed by atoms with Gasteiger partial charge in [-0.3, -0.25) is 10.1 Å². The molecule has 110 valence electrons. The number of aromatic nitrogens is 2. The highest BCUT2D eigenvalue weighted by Gasteiger charge is 2.08. The highest BCUT2D eigenvalue weighted by atomic mass is 32.2. The second-order valence-corrected chi connectivity index (χ2v) is 6.44. The predicted molar refractivity (Wildman–Crippen MR) is 88.0 cm³/mol. The molecule has 1 aromatic heterocycles. The summed E-state index contributed by atoms with van der Waals surface area (Å²) in [5.41, 5.74) is 2.13. The number of hydrogen-bond donors (Lipinski definition) is 0. The molecule has 0 bridgehead atoms. The van der Waals surface area contributed by atoms with Crippen LogP contribution in [-0.2, 0) is 5.75 Å². The van der Waals surface area contributed by atoms with Crippen molar-refractivity contribution in [3.8, 4) is 11.4 Å². The third-order valence-corrected chi connectivity index (χ3v) is 4.85. The number of hydrogen-bond acceptors (Lipinski definition) is 6. The Bertz CT molecular complexity index is 773. The molecule has 0 unspecified atom stereocenters. The minimum absolute atomic E-state index is 0.107. The average Bonchev–Trinajstić information content (AvgIpc) is 3.03. The van der Waals surface area contributed by atoms with Gasteiger partial charge in [-0.1, -0.05) is 54.2 Å². The van der Waals surface area contributed by atoms with Crippen molar-refractivity contribution in [3.63, 3.8) is 0 Å². The molecule has 7 heteroatoms. The molecular weight excluding hydrogens is 318 g/mol. The fourth-order valence-corrected chi connectivity index (χ4v) is 3.40. The third kappa shape index (κ3) is 3.49. The second kappa shape index (κ2) is 6.67. The molecule has 0 aliphatic heterocycles. The highest BCUT2D eigenvalue weighted by Crippen LogP contribution is 2.28. The van der Waals surface area contributed by atoms with Crippen molar-refractivity contribution in [2.24, 2.45) is 0 Å². The monoisotopic (exact) mass is 329 g/mol. The number of non-ortho nitro benzene ring substituents is 1. The molecule has 22 heavy (non-hydrogen) atoms. The summed E-state index contributed by atoms with van der Waals surface area (Å²) < 4.78 is 5.24. The van der Waals surface area contributed by atoms with Gasteiger partial charge in [-0.15, -0.1) is 0 Å². The molecule has 0 saturated carbocycles. The minimum atomic E-state index is -0.395. The molecule has 0 spiro atoms. The van der Waals surface area contributed by atoms with Crippen molar-refractivity contribution < 1.29 is 4.92 Å². The summed E-state index contributed by atoms with van der Waals surface area (Å²) in [5.74, 6) is 1.44. The van der Waals surface area contributed by atoms with Crippen LogP contribution in [0.25, 0.3) is 11.4 Å². The van der Waals surface area contributed by atoms with E-state index in [0.29, 0.717) is 5.75 Å². The van der Waals surface area contributed by atoms with Gasteiger partial charge in [0.25, 0.3) is 5.69 Å². The molecule has 0 saturated heterocycles. The maximum absolute atomic E-state index is 10.6. The number of nitrogens with zero attached hydrogens (tertiary/aromatic N) is 3. The largest absolute Gasteiger partial charge is 0.269 e. The van der Waals surface area contributed by atoms with Gasteiger partial charge in [0, 0.05) is 23.4 Å². The van der Waals surface area contributed by atoms with Gasteiger partial charge < -0.3 is 0 Å². The van der Waals surface area contributed by atoms with E-state index >= 15 is 0 Å². The van der Waals surface area contributed by atoms with E-state index in [1.54, 1.807) is 23.9 Å². The van der Waals surface area contributed by atoms with Crippen molar-refractivity contribution in [2.45, 2.75) is 10.1 Å². The van der Waals surface area contributed by atoms with Crippen molar-refractivity contribution >= 4 is 29.0 Å². The molecular formula is C15H11N3O2S2. The SMILES string of the molecule is O=[N+]([O-])c1ccc(CSc2nc(-c3ccccc3)ns2)cc1. The summed E-state index contributed by atoms with van der Waals surface area (Å²) in [6.07, 6.45) is 0. The Labute approximate surface area is 135 Å². The molecule has 0 fully saturated rings. The molecule has 5 nitrogen and oxygen atoms in total. The summed E-state index contributed by atoms with van der Waals surface area (Å²) in [5, 5.41) is 10.6. The molecule has 3 aromatic rings. The van der Waals surface area contributed by atoms with Gasteiger partial charge in [-0.2, -0.15) is 4.37 Å². The Balaban J connectivity index is 1.65. The van der Waals surface area contributed by atoms with Crippen LogP contribution >= 0.6 is 23.3 Å². The van der Waals surface area contributed by atoms with Gasteiger partial charge in [0.15, 0.2) is 10.2 Å². The first kappa shape index (κ1) is 14.7. The minimum Gasteiger partial charge on any atom is -0.258 e. The summed E-state index contributed by atoms with van der Waals surface area (Å²) >= 11 is 2.94. The molecule has 0 radical (unpaired) electrons. The van der Waals surface area contributed by atoms with Crippen LogP contribution in [0, 0.1) is 10.1 Å². The fraction of sp³-hybridized carbons (Fsp3) is 0.0667. The van der Waals surface area contributed by atoms with E-state index in [1.165, 1.54) is 23.7 Å². The summed E-state index contributed by atoms with van der Waals surface area (Å²) in [6, 6.07) is 16.4. The van der Waals surface area contributed by atoms with E-state index in [0.717, 1.165) is 21.3 Å². The molecule has 3 rings (SSSR count). The normalized spacial score (nSPS) is 10.5. The molecule has 0 atom stereocenters. The summed E-state index contributed by atoms with van der Waals surface area (Å²) in [6.45, 7) is 0. The van der Waals surface area contributed by atoms with Crippen molar-refractivity contribution in [1.29, 1.82) is 0 Å². The van der Waals surface area contributed by atoms with Gasteiger partial charge in [-0.05, 0) is 17.1 Å². The van der Waals surface area contributed by atoms with Crippen molar-refractivity contribution in [3.05, 3.63) is 70.3 Å². The van der Waals surface area contributed by atoms with Gasteiger partial charge >= 0.3 is 0 Å². The van der Waals surface area contributed by atoms with E-state index < -0.39 is 4.92 Å². The number of thioether (sulfide) groups is 1. The second-order valence-electron chi connectivity index (χ2n) is 4.46. The van der Waals surface area contributed by atoms with Crippen LogP contribution in [0.3, 0.4) is 0 Å². The standard InChI is InChI=1S/C15H11N3O2S2/c19-18(20)13-8-6-11(7-9-13)10-21-15-16-14(17-22-15)12-4-2-1-3-5-12/h1-9H,10H2. The molecule has 2 aromatic carbocycles. The van der Waals surface area contributed by atoms with Crippen LogP contribution in [-0.4, -0.2) is 14.3 Å². The maximum atomic E-state index is 10.6. The topological polar surface area (TPSA) is 68.9 Å². The lowest BCUT2D eigenvalue weighted by atomic mass is 10.2. The summed E-state index contributed by atoms with van der Waals surface area (Å²) in [4.78, 5) is 14.7. The smallest absolute Gasteiger partial charge is 0.258 e. The summed E-state index contributed by atoms with van der Waals surface area (Å²) in [7, 11) is 0. The van der Waals surface area contributed by atoms with Gasteiger partial charge in [0.1, 0.15) is 0 Å². The van der Waals surface area contributed by atoms with Crippen LogP contribution in [0.5, 0.6) is 0 Å². The molecule has 0 aliphatic rings. The van der Waals surface area contributed by atoms with Crippen LogP contribution in [0.1, 0.15) is 5.56 Å². The quantitative estimate of drug-likeness (QED) is 0.394. The molecule has 0 N–H and O–H groups in total. The Kier molecular flexibility index (Phi) is 4.45. The zero-order valence-corrected chi connectivity index (χ0v) is 13.0. The van der Waals surface area contributed by atoms with E-state index in [-0.39, 0.29) is 5.69 Å². The lowest BCUT2D eigenvalue weighted by molar-refractivity contribution is -0.384. The third-order valence-electron chi connectivity index (χ3n) is 2.95. The molecule has 0 amide bonds. The Morgan fingerprint density at radius 3 is 2.50 bits per heavy atom. The molecule has 1 heterocycles. The lowest BCUT2D eigenvalue weighted by Gasteiger charge is -1.98. The Hall–Kier alpha value is -2.25. The first-order valence-corrected chi connectivity index (χ1v) is 8.23. The van der Waals surface area contributed by atoms with Gasteiger partial charge in [-0.25, -0.2) is 4.98 Å². The predicted octanol–water partition coefficient (Wildman–Crippen LogP) is 4.41. The van der Waals surface area contributed by atoms with Gasteiger partial charge in [0.05, 0.1) is 4.92 Å². The Morgan fingerprint density at radius 2 is 1.82 bits per heavy atom. The number of rotatable bonds is 5. The van der Waals surface area contributed by atoms with E-state index in [4.69, 9.17) is 0 Å². The van der Waals surface area contributed by atoms with E-state index in [2.05, 4.69) is 9.36 Å². The first-order chi connectivity index (χ1) is 10.7. The number of nitro benzene ring substituents is 1. The molecule has 0 aliphatic carbocycles. The van der Waals surface area contributed by atoms with Crippen LogP contribution in [0.15, 0.2) is 58.9 Å². The van der Waals surface area contributed by atoms with Crippen LogP contribution in [0.4, 0.5) is 5.69 Å². The van der Waals surface area contributed by atoms with Crippen molar-refractivity contribution in [1.82, 2.24) is 9.36 Å². The lowest BCUT2D eigenvalue weighted by Crippen LogP contribution is -1.88. The zero-order chi connectivity index (χ0) is 15.4. The highest BCUT2D eigenvalue weighted by molar-refractivity contribution is 8.00. The Morgan fingerprint density at radius 1 is 1.09 bits per heavy atom. The number of nitro groups is 1. The van der Waals surface area contributed by atoms with Crippen LogP contribution < -0.4 is 0 Å². The van der Waals surface area contributed by atoms with Crippen LogP contribution in [0.2, 0.25) is 0 Å². The van der Waals surface area contributed by atoms with Gasteiger partial charge in [0.2, 0.25) is 0 Å². The van der Waals surface area contributed by atoms with Crippen molar-refractivity contribution in [2.75, 3.05) is 0 Å². The first-order valence-electron chi connectivity index (χ1n) is 6.47. The number of benzene rings is 2. The maximum Gasteiger partial charge on any atom is 0.269 e. The van der Waals surface area contributed by atoms with E-state index in [1.807, 2.05) is 30.3 Å². The zero-order valence-electron chi connectivity index (χ0n) is 11.4. The average molecular weight is 329 g/mol. The fourth-order valence-electron chi connectivity index (χ4n) is 1.83.